The molecule has 0 aliphatic rings. The second-order valence-electron chi connectivity index (χ2n) is 12.9. The van der Waals surface area contributed by atoms with Crippen molar-refractivity contribution in [1.29, 1.82) is 0 Å². The summed E-state index contributed by atoms with van der Waals surface area (Å²) >= 11 is 0. The van der Waals surface area contributed by atoms with Gasteiger partial charge in [0.05, 0.1) is 17.9 Å². The highest BCUT2D eigenvalue weighted by Crippen LogP contribution is 2.16. The molecule has 0 saturated carbocycles. The predicted molar refractivity (Wildman–Crippen MR) is 167 cm³/mol. The highest BCUT2D eigenvalue weighted by Gasteiger charge is 2.28. The van der Waals surface area contributed by atoms with Gasteiger partial charge in [-0.3, -0.25) is 9.35 Å². The number of hydrogen-bond acceptors (Lipinski definition) is 5. The summed E-state index contributed by atoms with van der Waals surface area (Å²) in [6.45, 7) is 9.04. The third-order valence-corrected chi connectivity index (χ3v) is 8.56. The van der Waals surface area contributed by atoms with Gasteiger partial charge in [0.25, 0.3) is 10.1 Å². The Labute approximate surface area is 247 Å². The lowest BCUT2D eigenvalue weighted by molar-refractivity contribution is -0.131. The number of unbranched alkanes of at least 4 members (excludes halogenated alkanes) is 15. The molecule has 240 valence electrons. The van der Waals surface area contributed by atoms with Crippen LogP contribution in [0.3, 0.4) is 0 Å². The summed E-state index contributed by atoms with van der Waals surface area (Å²) in [7, 11) is -4.39. The summed E-state index contributed by atoms with van der Waals surface area (Å²) in [5, 5.41) is 23.3. The van der Waals surface area contributed by atoms with Crippen LogP contribution < -0.4 is 5.32 Å². The van der Waals surface area contributed by atoms with Crippen LogP contribution in [0.2, 0.25) is 0 Å². The zero-order valence-electron chi connectivity index (χ0n) is 26.4. The number of nitrogens with one attached hydrogen (secondary N) is 1. The average molecular weight is 592 g/mol. The van der Waals surface area contributed by atoms with Crippen molar-refractivity contribution in [2.75, 3.05) is 5.75 Å². The van der Waals surface area contributed by atoms with Crippen molar-refractivity contribution >= 4 is 16.0 Å². The SMILES string of the molecule is CC(C)CCCCCCCCCCCC(O)C(CS(=O)(=O)O)NC(=O)C(O)CCCCCCCCCCC(C)C. The lowest BCUT2D eigenvalue weighted by Crippen LogP contribution is -2.50. The Hall–Kier alpha value is -0.700. The van der Waals surface area contributed by atoms with Crippen LogP contribution in [-0.2, 0) is 14.9 Å². The van der Waals surface area contributed by atoms with E-state index in [1.807, 2.05) is 0 Å². The van der Waals surface area contributed by atoms with E-state index in [1.165, 1.54) is 70.6 Å². The zero-order valence-corrected chi connectivity index (χ0v) is 27.2. The van der Waals surface area contributed by atoms with Gasteiger partial charge in [-0.05, 0) is 24.7 Å². The van der Waals surface area contributed by atoms with Crippen molar-refractivity contribution in [3.8, 4) is 0 Å². The van der Waals surface area contributed by atoms with Crippen molar-refractivity contribution in [3.05, 3.63) is 0 Å². The van der Waals surface area contributed by atoms with Crippen molar-refractivity contribution in [2.24, 2.45) is 11.8 Å². The Morgan fingerprint density at radius 1 is 0.575 bits per heavy atom. The van der Waals surface area contributed by atoms with Crippen LogP contribution in [0.15, 0.2) is 0 Å². The molecule has 0 saturated heterocycles. The first-order chi connectivity index (χ1) is 18.9. The van der Waals surface area contributed by atoms with Gasteiger partial charge in [-0.15, -0.1) is 0 Å². The van der Waals surface area contributed by atoms with Gasteiger partial charge >= 0.3 is 0 Å². The van der Waals surface area contributed by atoms with E-state index in [4.69, 9.17) is 0 Å². The van der Waals surface area contributed by atoms with E-state index in [-0.39, 0.29) is 0 Å². The smallest absolute Gasteiger partial charge is 0.266 e. The normalized spacial score (nSPS) is 14.5. The molecule has 0 rings (SSSR count). The third-order valence-electron chi connectivity index (χ3n) is 7.78. The highest BCUT2D eigenvalue weighted by atomic mass is 32.2. The van der Waals surface area contributed by atoms with E-state index in [1.54, 1.807) is 0 Å². The molecule has 0 aliphatic carbocycles. The molecule has 0 aliphatic heterocycles. The minimum atomic E-state index is -4.39. The summed E-state index contributed by atoms with van der Waals surface area (Å²) in [5.74, 6) is 0.102. The largest absolute Gasteiger partial charge is 0.391 e. The molecule has 0 spiro atoms. The third kappa shape index (κ3) is 26.2. The fourth-order valence-electron chi connectivity index (χ4n) is 5.18. The number of amides is 1. The first-order valence-corrected chi connectivity index (χ1v) is 18.1. The number of hydrogen-bond donors (Lipinski definition) is 4. The zero-order chi connectivity index (χ0) is 30.2. The van der Waals surface area contributed by atoms with Gasteiger partial charge in [0, 0.05) is 0 Å². The first kappa shape index (κ1) is 39.3. The lowest BCUT2D eigenvalue weighted by Gasteiger charge is -2.24. The van der Waals surface area contributed by atoms with Crippen LogP contribution in [0.1, 0.15) is 163 Å². The Morgan fingerprint density at radius 2 is 0.900 bits per heavy atom. The minimum Gasteiger partial charge on any atom is -0.391 e. The maximum Gasteiger partial charge on any atom is 0.266 e. The molecule has 40 heavy (non-hydrogen) atoms. The van der Waals surface area contributed by atoms with Crippen molar-refractivity contribution in [2.45, 2.75) is 181 Å². The molecule has 1 amide bonds. The lowest BCUT2D eigenvalue weighted by atomic mass is 10.0. The van der Waals surface area contributed by atoms with E-state index in [9.17, 15) is 28.0 Å². The van der Waals surface area contributed by atoms with E-state index >= 15 is 0 Å². The van der Waals surface area contributed by atoms with Gasteiger partial charge in [-0.25, -0.2) is 0 Å². The average Bonchev–Trinajstić information content (AvgIpc) is 2.86. The fourth-order valence-corrected chi connectivity index (χ4v) is 5.94. The van der Waals surface area contributed by atoms with Crippen LogP contribution in [0.4, 0.5) is 0 Å². The molecule has 8 heteroatoms. The van der Waals surface area contributed by atoms with Gasteiger partial charge in [0.2, 0.25) is 5.91 Å². The second kappa shape index (κ2) is 24.9. The van der Waals surface area contributed by atoms with Gasteiger partial charge in [-0.2, -0.15) is 8.42 Å². The van der Waals surface area contributed by atoms with Gasteiger partial charge in [0.1, 0.15) is 6.10 Å². The van der Waals surface area contributed by atoms with E-state index in [0.29, 0.717) is 25.7 Å². The molecular formula is C32H65NO6S. The number of rotatable bonds is 28. The molecule has 4 N–H and O–H groups in total. The number of aliphatic hydroxyl groups is 2. The molecule has 0 fully saturated rings. The molecule has 0 aromatic rings. The number of carbonyl (C=O) groups excluding carboxylic acids is 1. The Bertz CT molecular complexity index is 698. The molecule has 3 unspecified atom stereocenters. The maximum absolute atomic E-state index is 12.5. The van der Waals surface area contributed by atoms with Gasteiger partial charge in [-0.1, -0.05) is 150 Å². The van der Waals surface area contributed by atoms with Crippen LogP contribution in [-0.4, -0.2) is 53.1 Å². The molecule has 0 aromatic heterocycles. The topological polar surface area (TPSA) is 124 Å². The summed E-state index contributed by atoms with van der Waals surface area (Å²) in [6, 6.07) is -1.14. The summed E-state index contributed by atoms with van der Waals surface area (Å²) in [6.07, 6.45) is 20.0. The Morgan fingerprint density at radius 3 is 1.25 bits per heavy atom. The molecule has 0 aromatic carbocycles. The van der Waals surface area contributed by atoms with E-state index < -0.39 is 40.0 Å². The predicted octanol–water partition coefficient (Wildman–Crippen LogP) is 7.58. The van der Waals surface area contributed by atoms with Crippen LogP contribution in [0, 0.1) is 11.8 Å². The molecule has 0 heterocycles. The standard InChI is InChI=1S/C32H65NO6S/c1-27(2)22-18-14-10-6-5-7-12-16-20-24-30(34)29(26-40(37,38)39)33-32(36)31(35)25-21-17-13-9-8-11-15-19-23-28(3)4/h27-31,34-35H,5-26H2,1-4H3,(H,33,36)(H,37,38,39). The van der Waals surface area contributed by atoms with E-state index in [2.05, 4.69) is 33.0 Å². The minimum absolute atomic E-state index is 0.298. The molecule has 0 bridgehead atoms. The maximum atomic E-state index is 12.5. The molecule has 0 radical (unpaired) electrons. The number of aliphatic hydroxyl groups excluding tert-OH is 2. The molecular weight excluding hydrogens is 526 g/mol. The summed E-state index contributed by atoms with van der Waals surface area (Å²) < 4.78 is 32.3. The Kier molecular flexibility index (Phi) is 24.4. The van der Waals surface area contributed by atoms with Gasteiger partial charge in [0.15, 0.2) is 0 Å². The summed E-state index contributed by atoms with van der Waals surface area (Å²) in [4.78, 5) is 12.5. The quantitative estimate of drug-likeness (QED) is 0.0549. The fraction of sp³-hybridized carbons (Fsp3) is 0.969. The van der Waals surface area contributed by atoms with Crippen LogP contribution in [0.25, 0.3) is 0 Å². The monoisotopic (exact) mass is 591 g/mol. The summed E-state index contributed by atoms with van der Waals surface area (Å²) in [5.41, 5.74) is 0. The first-order valence-electron chi connectivity index (χ1n) is 16.5. The Balaban J connectivity index is 4.14. The van der Waals surface area contributed by atoms with Crippen LogP contribution in [0.5, 0.6) is 0 Å². The number of carbonyl (C=O) groups is 1. The molecule has 7 nitrogen and oxygen atoms in total. The highest BCUT2D eigenvalue weighted by molar-refractivity contribution is 7.85. The van der Waals surface area contributed by atoms with Gasteiger partial charge < -0.3 is 15.5 Å². The second-order valence-corrected chi connectivity index (χ2v) is 14.4. The van der Waals surface area contributed by atoms with Crippen molar-refractivity contribution in [3.63, 3.8) is 0 Å². The van der Waals surface area contributed by atoms with Crippen LogP contribution >= 0.6 is 0 Å². The van der Waals surface area contributed by atoms with Crippen molar-refractivity contribution < 1.29 is 28.0 Å². The van der Waals surface area contributed by atoms with E-state index in [0.717, 1.165) is 50.4 Å². The molecule has 3 atom stereocenters. The van der Waals surface area contributed by atoms with Crippen molar-refractivity contribution in [1.82, 2.24) is 5.32 Å².